The zero-order chi connectivity index (χ0) is 24.7. The van der Waals surface area contributed by atoms with Gasteiger partial charge in [0.2, 0.25) is 15.9 Å². The van der Waals surface area contributed by atoms with Crippen LogP contribution in [0.2, 0.25) is 0 Å². The van der Waals surface area contributed by atoms with Crippen LogP contribution in [0.25, 0.3) is 0 Å². The Bertz CT molecular complexity index is 1210. The van der Waals surface area contributed by atoms with Gasteiger partial charge in [0.05, 0.1) is 18.5 Å². The summed E-state index contributed by atoms with van der Waals surface area (Å²) in [5.41, 5.74) is 2.53. The van der Waals surface area contributed by atoms with Crippen molar-refractivity contribution in [3.63, 3.8) is 0 Å². The van der Waals surface area contributed by atoms with Gasteiger partial charge in [0.1, 0.15) is 29.9 Å². The van der Waals surface area contributed by atoms with Gasteiger partial charge in [-0.3, -0.25) is 9.10 Å². The summed E-state index contributed by atoms with van der Waals surface area (Å²) in [6.45, 7) is 6.04. The number of rotatable bonds is 10. The molecule has 34 heavy (non-hydrogen) atoms. The molecular formula is C26H30N2O5S. The molecule has 0 fully saturated rings. The minimum Gasteiger partial charge on any atom is -0.491 e. The average Bonchev–Trinajstić information content (AvgIpc) is 2.79. The van der Waals surface area contributed by atoms with Gasteiger partial charge in [-0.15, -0.1) is 0 Å². The number of ether oxygens (including phenoxy) is 2. The van der Waals surface area contributed by atoms with Crippen LogP contribution in [0.3, 0.4) is 0 Å². The molecule has 0 heterocycles. The quantitative estimate of drug-likeness (QED) is 0.432. The number of nitrogens with zero attached hydrogens (tertiary/aromatic N) is 1. The SMILES string of the molecule is Cc1ccc(OCCNC(=O)[C@H](C)N(c2ccc(Oc3ccccc3)cc2)S(C)(=O)=O)c(C)c1. The molecule has 0 unspecified atom stereocenters. The molecule has 3 rings (SSSR count). The van der Waals surface area contributed by atoms with E-state index in [1.165, 1.54) is 0 Å². The number of carbonyl (C=O) groups excluding carboxylic acids is 1. The van der Waals surface area contributed by atoms with Crippen LogP contribution < -0.4 is 19.1 Å². The Labute approximate surface area is 201 Å². The van der Waals surface area contributed by atoms with E-state index in [0.29, 0.717) is 17.2 Å². The van der Waals surface area contributed by atoms with Crippen LogP contribution >= 0.6 is 0 Å². The molecule has 0 aliphatic rings. The van der Waals surface area contributed by atoms with Crippen LogP contribution in [0.1, 0.15) is 18.1 Å². The maximum atomic E-state index is 12.7. The number of para-hydroxylation sites is 1. The van der Waals surface area contributed by atoms with Gasteiger partial charge in [0.25, 0.3) is 0 Å². The summed E-state index contributed by atoms with van der Waals surface area (Å²) in [5, 5.41) is 2.76. The topological polar surface area (TPSA) is 84.9 Å². The van der Waals surface area contributed by atoms with E-state index >= 15 is 0 Å². The Morgan fingerprint density at radius 1 is 0.971 bits per heavy atom. The molecule has 1 N–H and O–H groups in total. The van der Waals surface area contributed by atoms with Crippen molar-refractivity contribution < 1.29 is 22.7 Å². The second kappa shape index (κ2) is 11.1. The lowest BCUT2D eigenvalue weighted by molar-refractivity contribution is -0.121. The molecular weight excluding hydrogens is 452 g/mol. The van der Waals surface area contributed by atoms with Crippen molar-refractivity contribution in [2.24, 2.45) is 0 Å². The van der Waals surface area contributed by atoms with Crippen LogP contribution in [0.4, 0.5) is 5.69 Å². The van der Waals surface area contributed by atoms with E-state index in [0.717, 1.165) is 27.4 Å². The Morgan fingerprint density at radius 2 is 1.62 bits per heavy atom. The van der Waals surface area contributed by atoms with Gasteiger partial charge >= 0.3 is 0 Å². The molecule has 3 aromatic rings. The molecule has 1 amide bonds. The van der Waals surface area contributed by atoms with Crippen molar-refractivity contribution >= 4 is 21.6 Å². The molecule has 0 aliphatic heterocycles. The summed E-state index contributed by atoms with van der Waals surface area (Å²) in [5.74, 6) is 1.57. The average molecular weight is 483 g/mol. The van der Waals surface area contributed by atoms with E-state index in [1.807, 2.05) is 62.4 Å². The molecule has 180 valence electrons. The van der Waals surface area contributed by atoms with E-state index in [4.69, 9.17) is 9.47 Å². The highest BCUT2D eigenvalue weighted by molar-refractivity contribution is 7.92. The zero-order valence-electron chi connectivity index (χ0n) is 19.8. The molecule has 7 nitrogen and oxygen atoms in total. The predicted octanol–water partition coefficient (Wildman–Crippen LogP) is 4.45. The van der Waals surface area contributed by atoms with Gasteiger partial charge in [0, 0.05) is 0 Å². The molecule has 8 heteroatoms. The zero-order valence-corrected chi connectivity index (χ0v) is 20.6. The van der Waals surface area contributed by atoms with Gasteiger partial charge < -0.3 is 14.8 Å². The lowest BCUT2D eigenvalue weighted by Crippen LogP contribution is -2.48. The fourth-order valence-corrected chi connectivity index (χ4v) is 4.71. The molecule has 0 aliphatic carbocycles. The van der Waals surface area contributed by atoms with Gasteiger partial charge in [-0.25, -0.2) is 8.42 Å². The molecule has 0 bridgehead atoms. The van der Waals surface area contributed by atoms with Gasteiger partial charge in [0.15, 0.2) is 0 Å². The van der Waals surface area contributed by atoms with Crippen LogP contribution in [-0.2, 0) is 14.8 Å². The number of sulfonamides is 1. The molecule has 0 aromatic heterocycles. The molecule has 1 atom stereocenters. The maximum absolute atomic E-state index is 12.7. The van der Waals surface area contributed by atoms with Crippen molar-refractivity contribution in [1.82, 2.24) is 5.32 Å². The highest BCUT2D eigenvalue weighted by Gasteiger charge is 2.29. The maximum Gasteiger partial charge on any atom is 0.243 e. The highest BCUT2D eigenvalue weighted by Crippen LogP contribution is 2.27. The summed E-state index contributed by atoms with van der Waals surface area (Å²) in [7, 11) is -3.72. The number of anilines is 1. The van der Waals surface area contributed by atoms with E-state index in [9.17, 15) is 13.2 Å². The van der Waals surface area contributed by atoms with E-state index in [-0.39, 0.29) is 13.2 Å². The van der Waals surface area contributed by atoms with Crippen molar-refractivity contribution in [3.8, 4) is 17.2 Å². The number of nitrogens with one attached hydrogen (secondary N) is 1. The Hall–Kier alpha value is -3.52. The molecule has 0 spiro atoms. The molecule has 0 radical (unpaired) electrons. The van der Waals surface area contributed by atoms with Gasteiger partial charge in [-0.1, -0.05) is 35.9 Å². The van der Waals surface area contributed by atoms with Crippen LogP contribution in [-0.4, -0.2) is 39.8 Å². The van der Waals surface area contributed by atoms with Crippen LogP contribution in [0, 0.1) is 13.8 Å². The molecule has 0 saturated heterocycles. The number of hydrogen-bond acceptors (Lipinski definition) is 5. The third kappa shape index (κ3) is 6.74. The standard InChI is InChI=1S/C26H30N2O5S/c1-19-10-15-25(20(2)18-19)32-17-16-27-26(29)21(3)28(34(4,30)31)22-11-13-24(14-12-22)33-23-8-6-5-7-9-23/h5-15,18,21H,16-17H2,1-4H3,(H,27,29)/t21-/m0/s1. The first kappa shape index (κ1) is 25.1. The Morgan fingerprint density at radius 3 is 2.24 bits per heavy atom. The largest absolute Gasteiger partial charge is 0.491 e. The summed E-state index contributed by atoms with van der Waals surface area (Å²) >= 11 is 0. The van der Waals surface area contributed by atoms with Crippen LogP contribution in [0.5, 0.6) is 17.2 Å². The van der Waals surface area contributed by atoms with Gasteiger partial charge in [-0.05, 0) is 68.8 Å². The predicted molar refractivity (Wildman–Crippen MR) is 134 cm³/mol. The van der Waals surface area contributed by atoms with Gasteiger partial charge in [-0.2, -0.15) is 0 Å². The highest BCUT2D eigenvalue weighted by atomic mass is 32.2. The number of carbonyl (C=O) groups is 1. The number of hydrogen-bond donors (Lipinski definition) is 1. The normalized spacial score (nSPS) is 12.0. The lowest BCUT2D eigenvalue weighted by atomic mass is 10.1. The fourth-order valence-electron chi connectivity index (χ4n) is 3.54. The Balaban J connectivity index is 1.62. The van der Waals surface area contributed by atoms with E-state index in [2.05, 4.69) is 5.32 Å². The summed E-state index contributed by atoms with van der Waals surface area (Å²) in [6.07, 6.45) is 1.08. The molecule has 0 saturated carbocycles. The second-order valence-electron chi connectivity index (χ2n) is 8.05. The second-order valence-corrected chi connectivity index (χ2v) is 9.91. The minimum atomic E-state index is -3.72. The third-order valence-electron chi connectivity index (χ3n) is 5.15. The summed E-state index contributed by atoms with van der Waals surface area (Å²) in [4.78, 5) is 12.7. The minimum absolute atomic E-state index is 0.248. The first-order valence-corrected chi connectivity index (χ1v) is 12.8. The van der Waals surface area contributed by atoms with E-state index in [1.54, 1.807) is 31.2 Å². The fraction of sp³-hybridized carbons (Fsp3) is 0.269. The molecule has 3 aromatic carbocycles. The third-order valence-corrected chi connectivity index (χ3v) is 6.39. The van der Waals surface area contributed by atoms with Crippen molar-refractivity contribution in [2.45, 2.75) is 26.8 Å². The number of aryl methyl sites for hydroxylation is 2. The first-order valence-electron chi connectivity index (χ1n) is 11.0. The monoisotopic (exact) mass is 482 g/mol. The number of amides is 1. The smallest absolute Gasteiger partial charge is 0.243 e. The van der Waals surface area contributed by atoms with E-state index < -0.39 is 22.0 Å². The van der Waals surface area contributed by atoms with Crippen LogP contribution in [0.15, 0.2) is 72.8 Å². The summed E-state index contributed by atoms with van der Waals surface area (Å²) in [6, 6.07) is 20.8. The van der Waals surface area contributed by atoms with Crippen molar-refractivity contribution in [1.29, 1.82) is 0 Å². The number of benzene rings is 3. The first-order chi connectivity index (χ1) is 16.1. The lowest BCUT2D eigenvalue weighted by Gasteiger charge is -2.28. The van der Waals surface area contributed by atoms with Crippen molar-refractivity contribution in [2.75, 3.05) is 23.7 Å². The summed E-state index contributed by atoms with van der Waals surface area (Å²) < 4.78 is 37.6. The van der Waals surface area contributed by atoms with Crippen molar-refractivity contribution in [3.05, 3.63) is 83.9 Å². The Kier molecular flexibility index (Phi) is 8.17.